The van der Waals surface area contributed by atoms with Crippen molar-refractivity contribution in [2.24, 2.45) is 0 Å². The van der Waals surface area contributed by atoms with Crippen LogP contribution in [-0.4, -0.2) is 34.7 Å². The van der Waals surface area contributed by atoms with E-state index in [4.69, 9.17) is 4.74 Å². The Labute approximate surface area is 159 Å². The number of nitrogens with zero attached hydrogens (tertiary/aromatic N) is 3. The highest BCUT2D eigenvalue weighted by molar-refractivity contribution is 5.37. The molecule has 4 rings (SSSR count). The fraction of sp³-hybridized carbons (Fsp3) is 0.318. The number of hydrogen-bond acceptors (Lipinski definition) is 3. The van der Waals surface area contributed by atoms with Gasteiger partial charge in [0.15, 0.2) is 0 Å². The Kier molecular flexibility index (Phi) is 5.32. The van der Waals surface area contributed by atoms with Gasteiger partial charge in [0, 0.05) is 45.7 Å². The zero-order valence-electron chi connectivity index (χ0n) is 15.5. The molecular formula is C22H24FN3O. The molecule has 27 heavy (non-hydrogen) atoms. The molecule has 2 aromatic carbocycles. The minimum atomic E-state index is -0.184. The second kappa shape index (κ2) is 8.03. The number of imidazole rings is 1. The normalized spacial score (nSPS) is 17.0. The maximum Gasteiger partial charge on any atom is 0.123 e. The maximum absolute atomic E-state index is 13.6. The first kappa shape index (κ1) is 17.9. The molecule has 3 aromatic rings. The largest absolute Gasteiger partial charge is 0.383 e. The van der Waals surface area contributed by atoms with Crippen molar-refractivity contribution in [1.29, 1.82) is 0 Å². The minimum absolute atomic E-state index is 0.184. The van der Waals surface area contributed by atoms with E-state index in [1.165, 1.54) is 17.2 Å². The van der Waals surface area contributed by atoms with Crippen LogP contribution in [0.15, 0.2) is 60.9 Å². The van der Waals surface area contributed by atoms with Crippen LogP contribution in [0, 0.1) is 5.82 Å². The van der Waals surface area contributed by atoms with Gasteiger partial charge in [-0.1, -0.05) is 36.4 Å². The lowest BCUT2D eigenvalue weighted by atomic mass is 9.88. The molecule has 0 fully saturated rings. The van der Waals surface area contributed by atoms with Crippen LogP contribution in [0.5, 0.6) is 0 Å². The molecule has 4 nitrogen and oxygen atoms in total. The SMILES string of the molecule is COCCn1ccnc1[C@H]1CN(Cc2cccc(F)c2)Cc2ccccc21. The summed E-state index contributed by atoms with van der Waals surface area (Å²) in [7, 11) is 1.72. The van der Waals surface area contributed by atoms with Gasteiger partial charge in [0.1, 0.15) is 11.6 Å². The summed E-state index contributed by atoms with van der Waals surface area (Å²) in [5, 5.41) is 0. The van der Waals surface area contributed by atoms with Gasteiger partial charge in [-0.3, -0.25) is 4.90 Å². The number of hydrogen-bond donors (Lipinski definition) is 0. The van der Waals surface area contributed by atoms with E-state index in [1.807, 2.05) is 18.5 Å². The van der Waals surface area contributed by atoms with E-state index in [9.17, 15) is 4.39 Å². The predicted molar refractivity (Wildman–Crippen MR) is 103 cm³/mol. The summed E-state index contributed by atoms with van der Waals surface area (Å²) >= 11 is 0. The Bertz CT molecular complexity index is 908. The molecule has 0 spiro atoms. The third kappa shape index (κ3) is 3.94. The zero-order chi connectivity index (χ0) is 18.6. The van der Waals surface area contributed by atoms with E-state index in [2.05, 4.69) is 38.7 Å². The zero-order valence-corrected chi connectivity index (χ0v) is 15.5. The number of ether oxygens (including phenoxy) is 1. The van der Waals surface area contributed by atoms with Crippen molar-refractivity contribution >= 4 is 0 Å². The molecule has 1 aliphatic rings. The average Bonchev–Trinajstić information content (AvgIpc) is 3.14. The fourth-order valence-corrected chi connectivity index (χ4v) is 3.92. The Morgan fingerprint density at radius 1 is 1.19 bits per heavy atom. The van der Waals surface area contributed by atoms with Crippen LogP contribution < -0.4 is 0 Å². The summed E-state index contributed by atoms with van der Waals surface area (Å²) in [6, 6.07) is 15.4. The summed E-state index contributed by atoms with van der Waals surface area (Å²) in [6.45, 7) is 3.89. The van der Waals surface area contributed by atoms with Gasteiger partial charge < -0.3 is 9.30 Å². The first-order valence-electron chi connectivity index (χ1n) is 9.29. The van der Waals surface area contributed by atoms with Crippen LogP contribution in [0.3, 0.4) is 0 Å². The lowest BCUT2D eigenvalue weighted by Gasteiger charge is -2.34. The van der Waals surface area contributed by atoms with Crippen LogP contribution in [0.4, 0.5) is 4.39 Å². The third-order valence-corrected chi connectivity index (χ3v) is 5.16. The van der Waals surface area contributed by atoms with Crippen LogP contribution in [0.2, 0.25) is 0 Å². The smallest absolute Gasteiger partial charge is 0.123 e. The standard InChI is InChI=1S/C22H24FN3O/c1-27-12-11-26-10-9-24-22(26)21-16-25(14-17-5-4-7-19(23)13-17)15-18-6-2-3-8-20(18)21/h2-10,13,21H,11-12,14-16H2,1H3/t21-/m0/s1. The second-order valence-electron chi connectivity index (χ2n) is 7.02. The van der Waals surface area contributed by atoms with Crippen molar-refractivity contribution in [2.45, 2.75) is 25.6 Å². The van der Waals surface area contributed by atoms with Gasteiger partial charge in [0.05, 0.1) is 12.5 Å². The maximum atomic E-state index is 13.6. The van der Waals surface area contributed by atoms with Gasteiger partial charge in [0.2, 0.25) is 0 Å². The van der Waals surface area contributed by atoms with Gasteiger partial charge >= 0.3 is 0 Å². The molecule has 0 bridgehead atoms. The van der Waals surface area contributed by atoms with Crippen molar-refractivity contribution in [3.8, 4) is 0 Å². The first-order chi connectivity index (χ1) is 13.2. The fourth-order valence-electron chi connectivity index (χ4n) is 3.92. The van der Waals surface area contributed by atoms with Crippen molar-refractivity contribution < 1.29 is 9.13 Å². The quantitative estimate of drug-likeness (QED) is 0.665. The van der Waals surface area contributed by atoms with Crippen molar-refractivity contribution in [3.63, 3.8) is 0 Å². The Morgan fingerprint density at radius 2 is 2.07 bits per heavy atom. The molecule has 140 valence electrons. The highest BCUT2D eigenvalue weighted by atomic mass is 19.1. The second-order valence-corrected chi connectivity index (χ2v) is 7.02. The first-order valence-corrected chi connectivity index (χ1v) is 9.29. The van der Waals surface area contributed by atoms with E-state index < -0.39 is 0 Å². The molecule has 0 radical (unpaired) electrons. The number of benzene rings is 2. The number of methoxy groups -OCH3 is 1. The van der Waals surface area contributed by atoms with Crippen LogP contribution in [0.25, 0.3) is 0 Å². The van der Waals surface area contributed by atoms with Gasteiger partial charge in [-0.25, -0.2) is 9.37 Å². The number of aromatic nitrogens is 2. The number of halogens is 1. The lowest BCUT2D eigenvalue weighted by molar-refractivity contribution is 0.184. The molecule has 0 saturated carbocycles. The number of rotatable bonds is 6. The lowest BCUT2D eigenvalue weighted by Crippen LogP contribution is -2.35. The van der Waals surface area contributed by atoms with Crippen molar-refractivity contribution in [1.82, 2.24) is 14.5 Å². The summed E-state index contributed by atoms with van der Waals surface area (Å²) in [5.74, 6) is 1.07. The summed E-state index contributed by atoms with van der Waals surface area (Å²) in [6.07, 6.45) is 3.88. The number of fused-ring (bicyclic) bond motifs is 1. The molecule has 0 amide bonds. The average molecular weight is 365 g/mol. The monoisotopic (exact) mass is 365 g/mol. The Morgan fingerprint density at radius 3 is 2.93 bits per heavy atom. The molecule has 5 heteroatoms. The van der Waals surface area contributed by atoms with Crippen LogP contribution in [0.1, 0.15) is 28.4 Å². The molecule has 0 aliphatic carbocycles. The molecule has 1 aliphatic heterocycles. The predicted octanol–water partition coefficient (Wildman–Crippen LogP) is 3.82. The third-order valence-electron chi connectivity index (χ3n) is 5.16. The molecule has 1 atom stereocenters. The van der Waals surface area contributed by atoms with Crippen molar-refractivity contribution in [2.75, 3.05) is 20.3 Å². The van der Waals surface area contributed by atoms with Gasteiger partial charge in [-0.15, -0.1) is 0 Å². The summed E-state index contributed by atoms with van der Waals surface area (Å²) < 4.78 is 21.0. The van der Waals surface area contributed by atoms with Crippen LogP contribution >= 0.6 is 0 Å². The van der Waals surface area contributed by atoms with E-state index in [1.54, 1.807) is 19.2 Å². The highest BCUT2D eigenvalue weighted by Gasteiger charge is 2.29. The van der Waals surface area contributed by atoms with Gasteiger partial charge in [-0.2, -0.15) is 0 Å². The molecule has 0 unspecified atom stereocenters. The van der Waals surface area contributed by atoms with Crippen LogP contribution in [-0.2, 0) is 24.4 Å². The summed E-state index contributed by atoms with van der Waals surface area (Å²) in [4.78, 5) is 7.04. The highest BCUT2D eigenvalue weighted by Crippen LogP contribution is 2.33. The van der Waals surface area contributed by atoms with Gasteiger partial charge in [0.25, 0.3) is 0 Å². The Hall–Kier alpha value is -2.50. The van der Waals surface area contributed by atoms with E-state index in [0.717, 1.165) is 37.6 Å². The molecule has 1 aromatic heterocycles. The van der Waals surface area contributed by atoms with Gasteiger partial charge in [-0.05, 0) is 28.8 Å². The Balaban J connectivity index is 1.63. The van der Waals surface area contributed by atoms with Crippen molar-refractivity contribution in [3.05, 3.63) is 89.3 Å². The summed E-state index contributed by atoms with van der Waals surface area (Å²) in [5.41, 5.74) is 3.64. The van der Waals surface area contributed by atoms with E-state index in [-0.39, 0.29) is 11.7 Å². The minimum Gasteiger partial charge on any atom is -0.383 e. The topological polar surface area (TPSA) is 30.3 Å². The molecule has 0 saturated heterocycles. The molecule has 2 heterocycles. The van der Waals surface area contributed by atoms with E-state index >= 15 is 0 Å². The molecular weight excluding hydrogens is 341 g/mol. The molecule has 0 N–H and O–H groups in total. The van der Waals surface area contributed by atoms with E-state index in [0.29, 0.717) is 6.61 Å².